The van der Waals surface area contributed by atoms with Crippen LogP contribution in [0.1, 0.15) is 26.7 Å². The van der Waals surface area contributed by atoms with E-state index >= 15 is 0 Å². The molecule has 0 aliphatic rings. The summed E-state index contributed by atoms with van der Waals surface area (Å²) in [6, 6.07) is 2.60. The summed E-state index contributed by atoms with van der Waals surface area (Å²) in [5.41, 5.74) is 0.560. The van der Waals surface area contributed by atoms with E-state index in [0.29, 0.717) is 12.2 Å². The number of nitrogens with one attached hydrogen (secondary N) is 1. The van der Waals surface area contributed by atoms with Crippen molar-refractivity contribution in [1.29, 1.82) is 5.41 Å². The Bertz CT molecular complexity index is 656. The van der Waals surface area contributed by atoms with Crippen molar-refractivity contribution >= 4 is 46.3 Å². The zero-order valence-electron chi connectivity index (χ0n) is 15.7. The molecule has 0 aliphatic heterocycles. The second-order valence-electron chi connectivity index (χ2n) is 6.45. The summed E-state index contributed by atoms with van der Waals surface area (Å²) >= 11 is 7.00. The van der Waals surface area contributed by atoms with Crippen LogP contribution in [-0.2, 0) is 4.79 Å². The molecule has 10 heteroatoms. The highest BCUT2D eigenvalue weighted by Gasteiger charge is 2.27. The van der Waals surface area contributed by atoms with Gasteiger partial charge < -0.3 is 4.90 Å². The second kappa shape index (κ2) is 12.1. The molecular formula is C18H24ClF3N4OS. The number of alkyl halides is 3. The van der Waals surface area contributed by atoms with Crippen molar-refractivity contribution in [2.75, 3.05) is 18.1 Å². The van der Waals surface area contributed by atoms with Crippen LogP contribution in [0.25, 0.3) is 0 Å². The van der Waals surface area contributed by atoms with E-state index in [9.17, 15) is 18.0 Å². The first-order chi connectivity index (χ1) is 13.1. The standard InChI is InChI=1S/C18H24ClF3N4OS/c1-13(2)12-26(16(27)5-8-28-9-6-18(20,21)22)15(17(19)23)11-25-14-4-3-7-24-10-14/h3-4,7,10-11,13,15,23H,5-6,8-9,12H2,1-2H3. The predicted molar refractivity (Wildman–Crippen MR) is 109 cm³/mol. The van der Waals surface area contributed by atoms with Gasteiger partial charge in [0.1, 0.15) is 11.2 Å². The predicted octanol–water partition coefficient (Wildman–Crippen LogP) is 4.93. The maximum Gasteiger partial charge on any atom is 0.389 e. The van der Waals surface area contributed by atoms with Gasteiger partial charge in [0.25, 0.3) is 0 Å². The minimum absolute atomic E-state index is 0.0661. The van der Waals surface area contributed by atoms with Crippen LogP contribution in [0.2, 0.25) is 0 Å². The number of hydrogen-bond acceptors (Lipinski definition) is 5. The molecule has 0 spiro atoms. The topological polar surface area (TPSA) is 69.4 Å². The molecule has 1 amide bonds. The van der Waals surface area contributed by atoms with Crippen molar-refractivity contribution in [1.82, 2.24) is 9.88 Å². The van der Waals surface area contributed by atoms with Crippen LogP contribution in [0.3, 0.4) is 0 Å². The molecular weight excluding hydrogens is 413 g/mol. The fourth-order valence-electron chi connectivity index (χ4n) is 2.23. The summed E-state index contributed by atoms with van der Waals surface area (Å²) < 4.78 is 36.6. The third-order valence-corrected chi connectivity index (χ3v) is 4.69. The smallest absolute Gasteiger partial charge is 0.328 e. The average molecular weight is 437 g/mol. The molecule has 1 aromatic heterocycles. The zero-order valence-corrected chi connectivity index (χ0v) is 17.3. The number of aliphatic imine (C=N–C) groups is 1. The zero-order chi connectivity index (χ0) is 21.2. The fourth-order valence-corrected chi connectivity index (χ4v) is 3.30. The number of amides is 1. The number of rotatable bonds is 11. The van der Waals surface area contributed by atoms with Gasteiger partial charge in [-0.3, -0.25) is 20.2 Å². The maximum absolute atomic E-state index is 12.7. The van der Waals surface area contributed by atoms with Gasteiger partial charge in [0.05, 0.1) is 18.3 Å². The molecule has 0 aliphatic carbocycles. The summed E-state index contributed by atoms with van der Waals surface area (Å²) in [7, 11) is 0. The molecule has 1 rings (SSSR count). The Morgan fingerprint density at radius 3 is 2.68 bits per heavy atom. The van der Waals surface area contributed by atoms with Crippen molar-refractivity contribution < 1.29 is 18.0 Å². The molecule has 1 aromatic rings. The van der Waals surface area contributed by atoms with E-state index < -0.39 is 18.6 Å². The molecule has 5 nitrogen and oxygen atoms in total. The summed E-state index contributed by atoms with van der Waals surface area (Å²) in [6.45, 7) is 4.20. The number of thioether (sulfide) groups is 1. The van der Waals surface area contributed by atoms with E-state index in [0.717, 1.165) is 11.8 Å². The minimum atomic E-state index is -4.19. The van der Waals surface area contributed by atoms with Crippen LogP contribution >= 0.6 is 23.4 Å². The lowest BCUT2D eigenvalue weighted by Gasteiger charge is -2.30. The van der Waals surface area contributed by atoms with Crippen LogP contribution in [0, 0.1) is 11.3 Å². The third kappa shape index (κ3) is 10.1. The Morgan fingerprint density at radius 1 is 1.43 bits per heavy atom. The Hall–Kier alpha value is -1.61. The van der Waals surface area contributed by atoms with Crippen LogP contribution in [-0.4, -0.2) is 57.4 Å². The van der Waals surface area contributed by atoms with Crippen LogP contribution < -0.4 is 0 Å². The lowest BCUT2D eigenvalue weighted by molar-refractivity contribution is -0.131. The van der Waals surface area contributed by atoms with E-state index in [2.05, 4.69) is 9.98 Å². The molecule has 1 unspecified atom stereocenters. The molecule has 0 aromatic carbocycles. The molecule has 1 N–H and O–H groups in total. The Morgan fingerprint density at radius 2 is 2.14 bits per heavy atom. The summed E-state index contributed by atoms with van der Waals surface area (Å²) in [5.74, 6) is 0.0254. The molecule has 156 valence electrons. The molecule has 0 saturated carbocycles. The number of pyridine rings is 1. The highest BCUT2D eigenvalue weighted by atomic mass is 35.5. The van der Waals surface area contributed by atoms with Gasteiger partial charge in [-0.1, -0.05) is 25.4 Å². The van der Waals surface area contributed by atoms with Gasteiger partial charge in [-0.25, -0.2) is 0 Å². The lowest BCUT2D eigenvalue weighted by atomic mass is 10.1. The Kier molecular flexibility index (Phi) is 10.5. The second-order valence-corrected chi connectivity index (χ2v) is 8.08. The lowest BCUT2D eigenvalue weighted by Crippen LogP contribution is -2.46. The highest BCUT2D eigenvalue weighted by Crippen LogP contribution is 2.22. The van der Waals surface area contributed by atoms with E-state index in [1.165, 1.54) is 17.3 Å². The Labute approximate surface area is 172 Å². The first-order valence-corrected chi connectivity index (χ1v) is 10.3. The van der Waals surface area contributed by atoms with Crippen molar-refractivity contribution in [2.24, 2.45) is 10.9 Å². The van der Waals surface area contributed by atoms with Crippen molar-refractivity contribution in [3.63, 3.8) is 0 Å². The van der Waals surface area contributed by atoms with Gasteiger partial charge in [0.15, 0.2) is 0 Å². The quantitative estimate of drug-likeness (QED) is 0.395. The maximum atomic E-state index is 12.7. The normalized spacial score (nSPS) is 13.1. The number of halogens is 4. The van der Waals surface area contributed by atoms with Gasteiger partial charge in [-0.2, -0.15) is 24.9 Å². The first-order valence-electron chi connectivity index (χ1n) is 8.72. The SMILES string of the molecule is CC(C)CN(C(=O)CCSCCC(F)(F)F)C(C=Nc1cccnc1)C(=N)Cl. The number of carbonyl (C=O) groups excluding carboxylic acids is 1. The van der Waals surface area contributed by atoms with Gasteiger partial charge in [-0.05, 0) is 18.1 Å². The van der Waals surface area contributed by atoms with Crippen LogP contribution in [0.15, 0.2) is 29.5 Å². The number of aromatic nitrogens is 1. The van der Waals surface area contributed by atoms with Crippen molar-refractivity contribution in [2.45, 2.75) is 38.9 Å². The number of carbonyl (C=O) groups is 1. The molecule has 28 heavy (non-hydrogen) atoms. The van der Waals surface area contributed by atoms with Gasteiger partial charge in [-0.15, -0.1) is 0 Å². The molecule has 0 bridgehead atoms. The van der Waals surface area contributed by atoms with E-state index in [4.69, 9.17) is 17.0 Å². The van der Waals surface area contributed by atoms with Crippen molar-refractivity contribution in [3.05, 3.63) is 24.5 Å². The van der Waals surface area contributed by atoms with Gasteiger partial charge in [0.2, 0.25) is 5.91 Å². The molecule has 0 radical (unpaired) electrons. The Balaban J connectivity index is 2.77. The van der Waals surface area contributed by atoms with E-state index in [-0.39, 0.29) is 34.9 Å². The van der Waals surface area contributed by atoms with Crippen LogP contribution in [0.4, 0.5) is 18.9 Å². The summed E-state index contributed by atoms with van der Waals surface area (Å²) in [4.78, 5) is 22.3. The third-order valence-electron chi connectivity index (χ3n) is 3.48. The monoisotopic (exact) mass is 436 g/mol. The fraction of sp³-hybridized carbons (Fsp3) is 0.556. The molecule has 0 saturated heterocycles. The van der Waals surface area contributed by atoms with Crippen molar-refractivity contribution in [3.8, 4) is 0 Å². The largest absolute Gasteiger partial charge is 0.389 e. The average Bonchev–Trinajstić information content (AvgIpc) is 2.59. The first kappa shape index (κ1) is 24.4. The van der Waals surface area contributed by atoms with Gasteiger partial charge >= 0.3 is 6.18 Å². The molecule has 1 heterocycles. The van der Waals surface area contributed by atoms with Gasteiger partial charge in [0, 0.05) is 36.9 Å². The van der Waals surface area contributed by atoms with E-state index in [1.807, 2.05) is 13.8 Å². The molecule has 1 atom stereocenters. The highest BCUT2D eigenvalue weighted by molar-refractivity contribution is 7.99. The van der Waals surface area contributed by atoms with E-state index in [1.54, 1.807) is 18.3 Å². The number of nitrogens with zero attached hydrogens (tertiary/aromatic N) is 3. The molecule has 0 fully saturated rings. The minimum Gasteiger partial charge on any atom is -0.328 e. The summed E-state index contributed by atoms with van der Waals surface area (Å²) in [5, 5.41) is 7.57. The van der Waals surface area contributed by atoms with Crippen LogP contribution in [0.5, 0.6) is 0 Å². The number of hydrogen-bond donors (Lipinski definition) is 1. The summed E-state index contributed by atoms with van der Waals surface area (Å²) in [6.07, 6.45) is -0.445.